The van der Waals surface area contributed by atoms with E-state index in [1.54, 1.807) is 19.4 Å². The van der Waals surface area contributed by atoms with E-state index in [1.165, 1.54) is 6.42 Å². The van der Waals surface area contributed by atoms with E-state index in [4.69, 9.17) is 9.47 Å². The van der Waals surface area contributed by atoms with Crippen LogP contribution >= 0.6 is 0 Å². The second-order valence-electron chi connectivity index (χ2n) is 6.34. The Hall–Kier alpha value is -2.47. The van der Waals surface area contributed by atoms with Gasteiger partial charge in [-0.05, 0) is 38.3 Å². The van der Waals surface area contributed by atoms with Crippen LogP contribution in [0.2, 0.25) is 0 Å². The Morgan fingerprint density at radius 1 is 1.35 bits per heavy atom. The molecule has 2 heterocycles. The highest BCUT2D eigenvalue weighted by atomic mass is 16.5. The lowest BCUT2D eigenvalue weighted by Crippen LogP contribution is -2.39. The van der Waals surface area contributed by atoms with Crippen molar-refractivity contribution in [3.8, 4) is 17.3 Å². The van der Waals surface area contributed by atoms with Crippen molar-refractivity contribution in [2.75, 3.05) is 26.8 Å². The Kier molecular flexibility index (Phi) is 6.17. The van der Waals surface area contributed by atoms with Gasteiger partial charge in [0, 0.05) is 43.1 Å². The third kappa shape index (κ3) is 4.38. The molecule has 0 aliphatic carbocycles. The van der Waals surface area contributed by atoms with Crippen LogP contribution in [0.3, 0.4) is 0 Å². The van der Waals surface area contributed by atoms with Crippen LogP contribution in [0.25, 0.3) is 11.4 Å². The number of aromatic nitrogens is 2. The van der Waals surface area contributed by atoms with E-state index in [2.05, 4.69) is 9.97 Å². The maximum atomic E-state index is 13.0. The largest absolute Gasteiger partial charge is 0.481 e. The molecular weight excluding hydrogens is 330 g/mol. The summed E-state index contributed by atoms with van der Waals surface area (Å²) in [6.45, 7) is 4.07. The predicted molar refractivity (Wildman–Crippen MR) is 99.2 cm³/mol. The first-order valence-electron chi connectivity index (χ1n) is 9.09. The number of hydrogen-bond donors (Lipinski definition) is 0. The molecule has 138 valence electrons. The monoisotopic (exact) mass is 355 g/mol. The van der Waals surface area contributed by atoms with Crippen LogP contribution in [0.5, 0.6) is 5.88 Å². The molecule has 1 unspecified atom stereocenters. The number of rotatable bonds is 6. The molecule has 0 saturated carbocycles. The van der Waals surface area contributed by atoms with Gasteiger partial charge >= 0.3 is 0 Å². The molecule has 1 saturated heterocycles. The minimum atomic E-state index is 0.00594. The lowest BCUT2D eigenvalue weighted by atomic mass is 10.1. The number of amides is 1. The fourth-order valence-electron chi connectivity index (χ4n) is 3.12. The normalized spacial score (nSPS) is 16.9. The Labute approximate surface area is 154 Å². The maximum Gasteiger partial charge on any atom is 0.253 e. The van der Waals surface area contributed by atoms with E-state index in [1.807, 2.05) is 36.1 Å². The molecule has 6 heteroatoms. The number of nitrogens with zero attached hydrogens (tertiary/aromatic N) is 3. The van der Waals surface area contributed by atoms with E-state index in [0.29, 0.717) is 30.4 Å². The highest BCUT2D eigenvalue weighted by Crippen LogP contribution is 2.20. The smallest absolute Gasteiger partial charge is 0.253 e. The first-order valence-corrected chi connectivity index (χ1v) is 9.09. The molecule has 1 aromatic carbocycles. The summed E-state index contributed by atoms with van der Waals surface area (Å²) >= 11 is 0. The molecule has 1 amide bonds. The SMILES string of the molecule is CCN(CC1CCCCO1)C(=O)c1cccc(-c2nccc(OC)n2)c1. The minimum absolute atomic E-state index is 0.00594. The molecule has 1 fully saturated rings. The Bertz CT molecular complexity index is 745. The summed E-state index contributed by atoms with van der Waals surface area (Å²) in [7, 11) is 1.57. The van der Waals surface area contributed by atoms with Gasteiger partial charge in [0.1, 0.15) is 0 Å². The Balaban J connectivity index is 1.77. The number of carbonyl (C=O) groups is 1. The van der Waals surface area contributed by atoms with Crippen LogP contribution in [0, 0.1) is 0 Å². The molecule has 1 aromatic heterocycles. The number of likely N-dealkylation sites (N-methyl/N-ethyl adjacent to an activating group) is 1. The molecule has 0 bridgehead atoms. The molecule has 26 heavy (non-hydrogen) atoms. The van der Waals surface area contributed by atoms with Gasteiger partial charge in [-0.3, -0.25) is 4.79 Å². The molecule has 0 spiro atoms. The minimum Gasteiger partial charge on any atom is -0.481 e. The number of ether oxygens (including phenoxy) is 2. The molecule has 0 N–H and O–H groups in total. The van der Waals surface area contributed by atoms with Gasteiger partial charge < -0.3 is 14.4 Å². The quantitative estimate of drug-likeness (QED) is 0.796. The molecule has 1 aliphatic heterocycles. The summed E-state index contributed by atoms with van der Waals surface area (Å²) in [5, 5.41) is 0. The van der Waals surface area contributed by atoms with Crippen molar-refractivity contribution in [1.29, 1.82) is 0 Å². The fraction of sp³-hybridized carbons (Fsp3) is 0.450. The number of methoxy groups -OCH3 is 1. The topological polar surface area (TPSA) is 64.5 Å². The molecular formula is C20H25N3O3. The summed E-state index contributed by atoms with van der Waals surface area (Å²) in [5.41, 5.74) is 1.42. The second-order valence-corrected chi connectivity index (χ2v) is 6.34. The first kappa shape index (κ1) is 18.3. The zero-order chi connectivity index (χ0) is 18.4. The Morgan fingerprint density at radius 2 is 2.23 bits per heavy atom. The highest BCUT2D eigenvalue weighted by molar-refractivity contribution is 5.95. The summed E-state index contributed by atoms with van der Waals surface area (Å²) < 4.78 is 10.9. The van der Waals surface area contributed by atoms with Crippen LogP contribution in [0.15, 0.2) is 36.5 Å². The third-order valence-corrected chi connectivity index (χ3v) is 4.57. The van der Waals surface area contributed by atoms with Gasteiger partial charge in [-0.25, -0.2) is 4.98 Å². The van der Waals surface area contributed by atoms with Gasteiger partial charge in [0.05, 0.1) is 13.2 Å². The second kappa shape index (κ2) is 8.76. The van der Waals surface area contributed by atoms with E-state index in [9.17, 15) is 4.79 Å². The van der Waals surface area contributed by atoms with Crippen molar-refractivity contribution < 1.29 is 14.3 Å². The zero-order valence-electron chi connectivity index (χ0n) is 15.4. The van der Waals surface area contributed by atoms with E-state index >= 15 is 0 Å². The zero-order valence-corrected chi connectivity index (χ0v) is 15.4. The van der Waals surface area contributed by atoms with Crippen molar-refractivity contribution in [2.45, 2.75) is 32.3 Å². The molecule has 1 atom stereocenters. The van der Waals surface area contributed by atoms with E-state index < -0.39 is 0 Å². The number of benzene rings is 1. The van der Waals surface area contributed by atoms with Gasteiger partial charge in [-0.15, -0.1) is 0 Å². The summed E-state index contributed by atoms with van der Waals surface area (Å²) in [6.07, 6.45) is 5.08. The van der Waals surface area contributed by atoms with Crippen LogP contribution < -0.4 is 4.74 Å². The van der Waals surface area contributed by atoms with Crippen molar-refractivity contribution in [2.24, 2.45) is 0 Å². The van der Waals surface area contributed by atoms with Crippen LogP contribution in [0.4, 0.5) is 0 Å². The summed E-state index contributed by atoms with van der Waals surface area (Å²) in [6, 6.07) is 9.11. The van der Waals surface area contributed by atoms with Crippen LogP contribution in [-0.2, 0) is 4.74 Å². The molecule has 6 nitrogen and oxygen atoms in total. The van der Waals surface area contributed by atoms with Crippen molar-refractivity contribution in [3.05, 3.63) is 42.1 Å². The molecule has 1 aliphatic rings. The highest BCUT2D eigenvalue weighted by Gasteiger charge is 2.21. The average molecular weight is 355 g/mol. The van der Waals surface area contributed by atoms with Crippen molar-refractivity contribution in [3.63, 3.8) is 0 Å². The van der Waals surface area contributed by atoms with Gasteiger partial charge in [-0.1, -0.05) is 12.1 Å². The number of carbonyl (C=O) groups excluding carboxylic acids is 1. The predicted octanol–water partition coefficient (Wildman–Crippen LogP) is 3.18. The fourth-order valence-corrected chi connectivity index (χ4v) is 3.12. The summed E-state index contributed by atoms with van der Waals surface area (Å²) in [4.78, 5) is 23.4. The number of hydrogen-bond acceptors (Lipinski definition) is 5. The van der Waals surface area contributed by atoms with Gasteiger partial charge in [-0.2, -0.15) is 4.98 Å². The van der Waals surface area contributed by atoms with Crippen molar-refractivity contribution in [1.82, 2.24) is 14.9 Å². The first-order chi connectivity index (χ1) is 12.7. The van der Waals surface area contributed by atoms with Gasteiger partial charge in [0.25, 0.3) is 5.91 Å². The lowest BCUT2D eigenvalue weighted by Gasteiger charge is -2.29. The summed E-state index contributed by atoms with van der Waals surface area (Å²) in [5.74, 6) is 1.04. The van der Waals surface area contributed by atoms with E-state index in [-0.39, 0.29) is 12.0 Å². The standard InChI is InChI=1S/C20H25N3O3/c1-3-23(14-17-9-4-5-12-26-17)20(24)16-8-6-7-15(13-16)19-21-11-10-18(22-19)25-2/h6-8,10-11,13,17H,3-5,9,12,14H2,1-2H3. The lowest BCUT2D eigenvalue weighted by molar-refractivity contribution is -0.00311. The van der Waals surface area contributed by atoms with E-state index in [0.717, 1.165) is 25.0 Å². The molecule has 2 aromatic rings. The van der Waals surface area contributed by atoms with Gasteiger partial charge in [0.2, 0.25) is 5.88 Å². The van der Waals surface area contributed by atoms with Crippen LogP contribution in [-0.4, -0.2) is 53.7 Å². The maximum absolute atomic E-state index is 13.0. The third-order valence-electron chi connectivity index (χ3n) is 4.57. The van der Waals surface area contributed by atoms with Crippen LogP contribution in [0.1, 0.15) is 36.5 Å². The van der Waals surface area contributed by atoms with Gasteiger partial charge in [0.15, 0.2) is 5.82 Å². The molecule has 3 rings (SSSR count). The Morgan fingerprint density at radius 3 is 2.96 bits per heavy atom. The van der Waals surface area contributed by atoms with Crippen molar-refractivity contribution >= 4 is 5.91 Å². The molecule has 0 radical (unpaired) electrons. The average Bonchev–Trinajstić information content (AvgIpc) is 2.72.